The fraction of sp³-hybridized carbons (Fsp3) is 0.250. The van der Waals surface area contributed by atoms with Crippen LogP contribution in [-0.2, 0) is 0 Å². The van der Waals surface area contributed by atoms with Crippen LogP contribution < -0.4 is 9.62 Å². The third-order valence-electron chi connectivity index (χ3n) is 3.76. The molecule has 3 rings (SSSR count). The molecule has 0 saturated carbocycles. The van der Waals surface area contributed by atoms with Crippen LogP contribution in [0.4, 0.5) is 11.6 Å². The van der Waals surface area contributed by atoms with Gasteiger partial charge in [0.1, 0.15) is 23.8 Å². The minimum absolute atomic E-state index is 0.562. The zero-order valence-electron chi connectivity index (χ0n) is 13.0. The Bertz CT molecular complexity index is 766. The lowest BCUT2D eigenvalue weighted by molar-refractivity contribution is 0.982. The summed E-state index contributed by atoms with van der Waals surface area (Å²) in [4.78, 5) is 12.9. The first-order valence-corrected chi connectivity index (χ1v) is 7.24. The van der Waals surface area contributed by atoms with Gasteiger partial charge in [0.2, 0.25) is 0 Å². The van der Waals surface area contributed by atoms with Gasteiger partial charge < -0.3 is 9.62 Å². The SMILES string of the molecule is Cc1cc(C#N)cnc1N1[B]N(c2ncc(C#N)cc2C)CC1. The van der Waals surface area contributed by atoms with E-state index in [1.807, 2.05) is 33.5 Å². The van der Waals surface area contributed by atoms with Crippen molar-refractivity contribution in [3.8, 4) is 12.1 Å². The number of anilines is 2. The summed E-state index contributed by atoms with van der Waals surface area (Å²) in [5.74, 6) is 1.69. The average Bonchev–Trinajstić information content (AvgIpc) is 3.03. The smallest absolute Gasteiger partial charge is 0.382 e. The number of nitriles is 2. The number of rotatable bonds is 2. The topological polar surface area (TPSA) is 79.8 Å². The Labute approximate surface area is 135 Å². The van der Waals surface area contributed by atoms with Crippen LogP contribution >= 0.6 is 0 Å². The molecule has 2 aromatic heterocycles. The molecule has 1 radical (unpaired) electrons. The first-order chi connectivity index (χ1) is 11.1. The fourth-order valence-corrected chi connectivity index (χ4v) is 2.68. The summed E-state index contributed by atoms with van der Waals surface area (Å²) < 4.78 is 0. The van der Waals surface area contributed by atoms with Crippen molar-refractivity contribution in [3.63, 3.8) is 0 Å². The Kier molecular flexibility index (Phi) is 3.86. The van der Waals surface area contributed by atoms with Gasteiger partial charge in [-0.3, -0.25) is 0 Å². The minimum Gasteiger partial charge on any atom is -0.382 e. The monoisotopic (exact) mass is 301 g/mol. The van der Waals surface area contributed by atoms with Gasteiger partial charge in [-0.05, 0) is 37.1 Å². The molecule has 0 aromatic carbocycles. The molecule has 0 atom stereocenters. The van der Waals surface area contributed by atoms with Gasteiger partial charge in [0.25, 0.3) is 0 Å². The van der Waals surface area contributed by atoms with Crippen molar-refractivity contribution in [1.29, 1.82) is 10.5 Å². The molecule has 1 aliphatic rings. The third kappa shape index (κ3) is 2.82. The lowest BCUT2D eigenvalue weighted by Gasteiger charge is -2.20. The van der Waals surface area contributed by atoms with Crippen LogP contribution in [-0.4, -0.2) is 30.6 Å². The molecule has 23 heavy (non-hydrogen) atoms. The summed E-state index contributed by atoms with van der Waals surface area (Å²) >= 11 is 0. The average molecular weight is 301 g/mol. The second-order valence-electron chi connectivity index (χ2n) is 5.45. The molecule has 1 fully saturated rings. The van der Waals surface area contributed by atoms with Crippen molar-refractivity contribution < 1.29 is 0 Å². The summed E-state index contributed by atoms with van der Waals surface area (Å²) in [5, 5.41) is 17.9. The summed E-state index contributed by atoms with van der Waals surface area (Å²) in [6.07, 6.45) is 3.17. The highest BCUT2D eigenvalue weighted by atomic mass is 15.3. The Morgan fingerprint density at radius 3 is 1.70 bits per heavy atom. The largest absolute Gasteiger partial charge is 0.394 e. The van der Waals surface area contributed by atoms with E-state index in [0.717, 1.165) is 35.9 Å². The molecule has 2 aromatic rings. The molecule has 0 N–H and O–H groups in total. The number of hydrogen-bond donors (Lipinski definition) is 0. The van der Waals surface area contributed by atoms with Gasteiger partial charge in [0.05, 0.1) is 11.1 Å². The molecule has 0 spiro atoms. The van der Waals surface area contributed by atoms with Gasteiger partial charge in [-0.15, -0.1) is 0 Å². The molecule has 7 heteroatoms. The molecule has 111 valence electrons. The number of hydrogen-bond acceptors (Lipinski definition) is 6. The molecule has 0 aliphatic carbocycles. The highest BCUT2D eigenvalue weighted by Gasteiger charge is 2.27. The van der Waals surface area contributed by atoms with Crippen molar-refractivity contribution in [2.45, 2.75) is 13.8 Å². The van der Waals surface area contributed by atoms with Gasteiger partial charge in [-0.25, -0.2) is 9.97 Å². The lowest BCUT2D eigenvalue weighted by Crippen LogP contribution is -2.31. The van der Waals surface area contributed by atoms with Crippen LogP contribution in [0.1, 0.15) is 22.3 Å². The predicted octanol–water partition coefficient (Wildman–Crippen LogP) is 1.70. The predicted molar refractivity (Wildman–Crippen MR) is 87.8 cm³/mol. The van der Waals surface area contributed by atoms with Crippen LogP contribution in [0.2, 0.25) is 0 Å². The van der Waals surface area contributed by atoms with Crippen molar-refractivity contribution in [2.75, 3.05) is 22.7 Å². The Balaban J connectivity index is 1.82. The van der Waals surface area contributed by atoms with E-state index in [1.165, 1.54) is 0 Å². The van der Waals surface area contributed by atoms with Crippen LogP contribution in [0.5, 0.6) is 0 Å². The van der Waals surface area contributed by atoms with E-state index in [9.17, 15) is 0 Å². The summed E-state index contributed by atoms with van der Waals surface area (Å²) in [7, 11) is 1.97. The molecule has 6 nitrogen and oxygen atoms in total. The summed E-state index contributed by atoms with van der Waals surface area (Å²) in [5.41, 5.74) is 3.05. The molecular formula is C16H14BN6. The maximum atomic E-state index is 8.93. The van der Waals surface area contributed by atoms with Crippen molar-refractivity contribution in [2.24, 2.45) is 0 Å². The van der Waals surface area contributed by atoms with Gasteiger partial charge in [-0.2, -0.15) is 10.5 Å². The highest BCUT2D eigenvalue weighted by Crippen LogP contribution is 2.24. The maximum absolute atomic E-state index is 8.93. The molecule has 0 amide bonds. The number of pyridine rings is 2. The second-order valence-corrected chi connectivity index (χ2v) is 5.45. The fourth-order valence-electron chi connectivity index (χ4n) is 2.68. The molecule has 3 heterocycles. The van der Waals surface area contributed by atoms with E-state index < -0.39 is 0 Å². The third-order valence-corrected chi connectivity index (χ3v) is 3.76. The van der Waals surface area contributed by atoms with E-state index in [2.05, 4.69) is 31.7 Å². The van der Waals surface area contributed by atoms with Crippen LogP contribution in [0, 0.1) is 36.5 Å². The highest BCUT2D eigenvalue weighted by molar-refractivity contribution is 6.48. The first kappa shape index (κ1) is 14.9. The second kappa shape index (κ2) is 5.98. The van der Waals surface area contributed by atoms with Crippen LogP contribution in [0.25, 0.3) is 0 Å². The molecule has 0 bridgehead atoms. The quantitative estimate of drug-likeness (QED) is 0.785. The van der Waals surface area contributed by atoms with Crippen LogP contribution in [0.15, 0.2) is 24.5 Å². The Hall–Kier alpha value is -3.06. The van der Waals surface area contributed by atoms with Gasteiger partial charge >= 0.3 is 7.55 Å². The van der Waals surface area contributed by atoms with E-state index in [1.54, 1.807) is 12.4 Å². The normalized spacial score (nSPS) is 13.4. The van der Waals surface area contributed by atoms with Gasteiger partial charge in [0, 0.05) is 25.5 Å². The van der Waals surface area contributed by atoms with Crippen LogP contribution in [0.3, 0.4) is 0 Å². The number of aromatic nitrogens is 2. The zero-order chi connectivity index (χ0) is 16.4. The minimum atomic E-state index is 0.562. The molecule has 0 unspecified atom stereocenters. The standard InChI is InChI=1S/C16H14BN6/c1-11-5-13(7-18)9-20-15(11)22-3-4-23(17-22)16-12(2)6-14(8-19)10-21-16/h5-6,9-10H,3-4H2,1-2H3. The number of aryl methyl sites for hydroxylation is 2. The zero-order valence-corrected chi connectivity index (χ0v) is 13.0. The first-order valence-electron chi connectivity index (χ1n) is 7.24. The van der Waals surface area contributed by atoms with Crippen molar-refractivity contribution in [1.82, 2.24) is 9.97 Å². The molecule has 1 saturated heterocycles. The molecular weight excluding hydrogens is 287 g/mol. The van der Waals surface area contributed by atoms with E-state index in [4.69, 9.17) is 10.5 Å². The van der Waals surface area contributed by atoms with E-state index in [0.29, 0.717) is 11.1 Å². The summed E-state index contributed by atoms with van der Waals surface area (Å²) in [6.45, 7) is 5.48. The van der Waals surface area contributed by atoms with Gasteiger partial charge in [-0.1, -0.05) is 0 Å². The molecule has 1 aliphatic heterocycles. The maximum Gasteiger partial charge on any atom is 0.394 e. The summed E-state index contributed by atoms with van der Waals surface area (Å²) in [6, 6.07) is 7.88. The lowest BCUT2D eigenvalue weighted by atomic mass is 10.1. The number of nitrogens with zero attached hydrogens (tertiary/aromatic N) is 6. The van der Waals surface area contributed by atoms with Crippen molar-refractivity contribution in [3.05, 3.63) is 46.8 Å². The van der Waals surface area contributed by atoms with Crippen molar-refractivity contribution >= 4 is 19.2 Å². The van der Waals surface area contributed by atoms with E-state index >= 15 is 0 Å². The van der Waals surface area contributed by atoms with Gasteiger partial charge in [0.15, 0.2) is 0 Å². The van der Waals surface area contributed by atoms with E-state index in [-0.39, 0.29) is 0 Å². The Morgan fingerprint density at radius 2 is 1.35 bits per heavy atom. The Morgan fingerprint density at radius 1 is 0.913 bits per heavy atom.